The van der Waals surface area contributed by atoms with Gasteiger partial charge in [-0.3, -0.25) is 0 Å². The molecule has 0 radical (unpaired) electrons. The molecule has 1 saturated heterocycles. The minimum atomic E-state index is 0.133. The Hall–Kier alpha value is -1.85. The van der Waals surface area contributed by atoms with Gasteiger partial charge in [0.1, 0.15) is 0 Å². The molecule has 6 heteroatoms. The van der Waals surface area contributed by atoms with Crippen molar-refractivity contribution >= 4 is 11.7 Å². The highest BCUT2D eigenvalue weighted by Crippen LogP contribution is 2.30. The average molecular weight is 291 g/mol. The van der Waals surface area contributed by atoms with E-state index < -0.39 is 0 Å². The number of hydrogen-bond donors (Lipinski definition) is 2. The number of nitrogens with two attached hydrogens (primary N) is 1. The van der Waals surface area contributed by atoms with Crippen LogP contribution in [0.15, 0.2) is 5.16 Å². The van der Waals surface area contributed by atoms with Crippen LogP contribution in [0.25, 0.3) is 0 Å². The van der Waals surface area contributed by atoms with Crippen LogP contribution in [-0.4, -0.2) is 33.8 Å². The van der Waals surface area contributed by atoms with Gasteiger partial charge in [0.05, 0.1) is 11.3 Å². The lowest BCUT2D eigenvalue weighted by atomic mass is 10.0. The van der Waals surface area contributed by atoms with E-state index in [-0.39, 0.29) is 5.84 Å². The summed E-state index contributed by atoms with van der Waals surface area (Å²) in [6.45, 7) is 7.24. The van der Waals surface area contributed by atoms with Crippen LogP contribution in [0.2, 0.25) is 0 Å². The van der Waals surface area contributed by atoms with Gasteiger partial charge in [0.15, 0.2) is 11.7 Å². The fraction of sp³-hybridized carbons (Fsp3) is 0.667. The fourth-order valence-electron chi connectivity index (χ4n) is 3.22. The Bertz CT molecular complexity index is 529. The van der Waals surface area contributed by atoms with Crippen molar-refractivity contribution < 1.29 is 5.21 Å². The molecule has 1 aromatic heterocycles. The minimum Gasteiger partial charge on any atom is -0.409 e. The molecule has 0 aromatic carbocycles. The fourth-order valence-corrected chi connectivity index (χ4v) is 3.22. The van der Waals surface area contributed by atoms with Gasteiger partial charge in [0, 0.05) is 12.6 Å². The molecule has 6 nitrogen and oxygen atoms in total. The summed E-state index contributed by atoms with van der Waals surface area (Å²) in [5.41, 5.74) is 8.68. The van der Waals surface area contributed by atoms with Crippen molar-refractivity contribution in [2.24, 2.45) is 10.9 Å². The number of aryl methyl sites for hydroxylation is 1. The van der Waals surface area contributed by atoms with Gasteiger partial charge in [0.25, 0.3) is 0 Å². The second-order valence-corrected chi connectivity index (χ2v) is 5.41. The highest BCUT2D eigenvalue weighted by molar-refractivity contribution is 6.03. The average Bonchev–Trinajstić information content (AvgIpc) is 3.00. The van der Waals surface area contributed by atoms with Gasteiger partial charge in [-0.25, -0.2) is 0 Å². The largest absolute Gasteiger partial charge is 0.409 e. The van der Waals surface area contributed by atoms with Gasteiger partial charge in [-0.05, 0) is 37.7 Å². The molecule has 2 rings (SSSR count). The first kappa shape index (κ1) is 15.5. The quantitative estimate of drug-likeness (QED) is 0.375. The molecule has 2 heterocycles. The monoisotopic (exact) mass is 291 g/mol. The molecule has 1 fully saturated rings. The Kier molecular flexibility index (Phi) is 4.98. The first-order valence-electron chi connectivity index (χ1n) is 7.80. The molecule has 1 atom stereocenters. The van der Waals surface area contributed by atoms with Crippen LogP contribution in [0.3, 0.4) is 0 Å². The lowest BCUT2D eigenvalue weighted by molar-refractivity contribution is 0.318. The normalized spacial score (nSPS) is 19.3. The Labute approximate surface area is 126 Å². The van der Waals surface area contributed by atoms with Crippen molar-refractivity contribution in [3.05, 3.63) is 16.8 Å². The summed E-state index contributed by atoms with van der Waals surface area (Å²) in [6.07, 6.45) is 4.95. The maximum absolute atomic E-state index is 9.16. The number of hydrogen-bond acceptors (Lipinski definition) is 5. The maximum atomic E-state index is 9.16. The second-order valence-electron chi connectivity index (χ2n) is 5.41. The molecule has 21 heavy (non-hydrogen) atoms. The van der Waals surface area contributed by atoms with Crippen molar-refractivity contribution in [2.75, 3.05) is 11.4 Å². The Morgan fingerprint density at radius 3 is 2.67 bits per heavy atom. The van der Waals surface area contributed by atoms with Crippen molar-refractivity contribution in [1.82, 2.24) is 10.2 Å². The Balaban J connectivity index is 2.60. The van der Waals surface area contributed by atoms with Crippen LogP contribution in [0, 0.1) is 0 Å². The zero-order valence-corrected chi connectivity index (χ0v) is 13.1. The lowest BCUT2D eigenvalue weighted by Crippen LogP contribution is -2.33. The number of oxime groups is 1. The third-order valence-electron chi connectivity index (χ3n) is 4.31. The molecule has 1 unspecified atom stereocenters. The zero-order chi connectivity index (χ0) is 15.4. The molecule has 0 aliphatic carbocycles. The first-order valence-corrected chi connectivity index (χ1v) is 7.80. The van der Waals surface area contributed by atoms with Gasteiger partial charge in [-0.2, -0.15) is 5.10 Å². The van der Waals surface area contributed by atoms with Crippen LogP contribution in [0.1, 0.15) is 56.9 Å². The van der Waals surface area contributed by atoms with Crippen LogP contribution >= 0.6 is 0 Å². The first-order chi connectivity index (χ1) is 10.2. The molecule has 0 spiro atoms. The molecular formula is C15H25N5O. The third kappa shape index (κ3) is 2.80. The molecule has 0 saturated carbocycles. The van der Waals surface area contributed by atoms with E-state index in [4.69, 9.17) is 10.9 Å². The molecule has 1 aliphatic heterocycles. The van der Waals surface area contributed by atoms with Crippen molar-refractivity contribution in [3.63, 3.8) is 0 Å². The summed E-state index contributed by atoms with van der Waals surface area (Å²) >= 11 is 0. The summed E-state index contributed by atoms with van der Waals surface area (Å²) in [4.78, 5) is 2.26. The van der Waals surface area contributed by atoms with Crippen LogP contribution in [0.4, 0.5) is 5.82 Å². The maximum Gasteiger partial charge on any atom is 0.174 e. The number of anilines is 1. The number of rotatable bonds is 5. The predicted molar refractivity (Wildman–Crippen MR) is 84.0 cm³/mol. The van der Waals surface area contributed by atoms with Gasteiger partial charge < -0.3 is 15.8 Å². The molecule has 116 valence electrons. The topological polar surface area (TPSA) is 87.6 Å². The standard InChI is InChI=1S/C15H25N5O/c1-4-10-8-7-9-20(10)15-13(14(16)19-21)11(5-2)12(6-3)17-18-15/h10,21H,4-9H2,1-3H3,(H2,16,19). The molecule has 0 amide bonds. The van der Waals surface area contributed by atoms with Crippen LogP contribution in [-0.2, 0) is 12.8 Å². The summed E-state index contributed by atoms with van der Waals surface area (Å²) in [5.74, 6) is 0.900. The molecule has 0 bridgehead atoms. The summed E-state index contributed by atoms with van der Waals surface area (Å²) < 4.78 is 0. The van der Waals surface area contributed by atoms with Crippen molar-refractivity contribution in [1.29, 1.82) is 0 Å². The van der Waals surface area contributed by atoms with Gasteiger partial charge >= 0.3 is 0 Å². The van der Waals surface area contributed by atoms with E-state index in [0.29, 0.717) is 6.04 Å². The van der Waals surface area contributed by atoms with E-state index in [0.717, 1.165) is 61.3 Å². The summed E-state index contributed by atoms with van der Waals surface area (Å²) in [6, 6.07) is 0.460. The number of amidine groups is 1. The number of aromatic nitrogens is 2. The molecule has 3 N–H and O–H groups in total. The van der Waals surface area contributed by atoms with Crippen molar-refractivity contribution in [3.8, 4) is 0 Å². The summed E-state index contributed by atoms with van der Waals surface area (Å²) in [5, 5.41) is 21.2. The molecule has 1 aromatic rings. The smallest absolute Gasteiger partial charge is 0.174 e. The lowest BCUT2D eigenvalue weighted by Gasteiger charge is -2.27. The minimum absolute atomic E-state index is 0.133. The van der Waals surface area contributed by atoms with Gasteiger partial charge in [-0.15, -0.1) is 5.10 Å². The predicted octanol–water partition coefficient (Wildman–Crippen LogP) is 2.07. The SMILES string of the molecule is CCc1nnc(N2CCCC2CC)c(C(N)=NO)c1CC. The van der Waals surface area contributed by atoms with E-state index in [1.54, 1.807) is 0 Å². The second kappa shape index (κ2) is 6.74. The van der Waals surface area contributed by atoms with E-state index >= 15 is 0 Å². The van der Waals surface area contributed by atoms with E-state index in [1.165, 1.54) is 0 Å². The Morgan fingerprint density at radius 1 is 1.33 bits per heavy atom. The molecule has 1 aliphatic rings. The highest BCUT2D eigenvalue weighted by Gasteiger charge is 2.29. The van der Waals surface area contributed by atoms with E-state index in [1.807, 2.05) is 6.92 Å². The highest BCUT2D eigenvalue weighted by atomic mass is 16.4. The van der Waals surface area contributed by atoms with Crippen LogP contribution in [0.5, 0.6) is 0 Å². The van der Waals surface area contributed by atoms with Crippen LogP contribution < -0.4 is 10.6 Å². The molecular weight excluding hydrogens is 266 g/mol. The number of nitrogens with zero attached hydrogens (tertiary/aromatic N) is 4. The zero-order valence-electron chi connectivity index (χ0n) is 13.1. The van der Waals surface area contributed by atoms with E-state index in [9.17, 15) is 0 Å². The van der Waals surface area contributed by atoms with Gasteiger partial charge in [-0.1, -0.05) is 25.9 Å². The summed E-state index contributed by atoms with van der Waals surface area (Å²) in [7, 11) is 0. The van der Waals surface area contributed by atoms with E-state index in [2.05, 4.69) is 34.1 Å². The Morgan fingerprint density at radius 2 is 2.10 bits per heavy atom. The third-order valence-corrected chi connectivity index (χ3v) is 4.31. The van der Waals surface area contributed by atoms with Crippen molar-refractivity contribution in [2.45, 2.75) is 58.9 Å². The van der Waals surface area contributed by atoms with Gasteiger partial charge in [0.2, 0.25) is 0 Å².